The lowest BCUT2D eigenvalue weighted by Crippen LogP contribution is -2.43. The highest BCUT2D eigenvalue weighted by Crippen LogP contribution is 2.13. The van der Waals surface area contributed by atoms with Gasteiger partial charge >= 0.3 is 0 Å². The molecule has 0 bridgehead atoms. The van der Waals surface area contributed by atoms with Crippen LogP contribution in [0.25, 0.3) is 0 Å². The van der Waals surface area contributed by atoms with E-state index in [0.717, 1.165) is 0 Å². The first-order valence-corrected chi connectivity index (χ1v) is 8.13. The second-order valence-corrected chi connectivity index (χ2v) is 7.35. The largest absolute Gasteiger partial charge is 0.346 e. The maximum Gasteiger partial charge on any atom is 0.291 e. The van der Waals surface area contributed by atoms with Crippen LogP contribution in [0.4, 0.5) is 0 Å². The molecule has 8 heteroatoms. The van der Waals surface area contributed by atoms with Gasteiger partial charge in [0.25, 0.3) is 5.91 Å². The lowest BCUT2D eigenvalue weighted by Gasteiger charge is -2.22. The summed E-state index contributed by atoms with van der Waals surface area (Å²) in [6.07, 6.45) is 1.25. The van der Waals surface area contributed by atoms with Crippen molar-refractivity contribution in [3.05, 3.63) is 11.6 Å². The Kier molecular flexibility index (Phi) is 3.88. The smallest absolute Gasteiger partial charge is 0.291 e. The molecule has 0 aromatic carbocycles. The van der Waals surface area contributed by atoms with Crippen molar-refractivity contribution in [1.82, 2.24) is 20.5 Å². The molecule has 1 saturated heterocycles. The minimum absolute atomic E-state index is 0.000199. The zero-order chi connectivity index (χ0) is 14.0. The fourth-order valence-corrected chi connectivity index (χ4v) is 3.66. The SMILES string of the molecule is CC(C)c1nc(C(=O)NC2CCCS(=O)(=O)C2)n[nH]1. The number of nitrogens with zero attached hydrogens (tertiary/aromatic N) is 2. The minimum atomic E-state index is -3.03. The molecule has 19 heavy (non-hydrogen) atoms. The topological polar surface area (TPSA) is 105 Å². The maximum atomic E-state index is 11.9. The average molecular weight is 286 g/mol. The average Bonchev–Trinajstić information content (AvgIpc) is 2.76. The van der Waals surface area contributed by atoms with Gasteiger partial charge in [-0.25, -0.2) is 13.4 Å². The molecule has 2 rings (SSSR count). The van der Waals surface area contributed by atoms with Gasteiger partial charge in [0.05, 0.1) is 11.5 Å². The van der Waals surface area contributed by atoms with Gasteiger partial charge in [0.15, 0.2) is 9.84 Å². The van der Waals surface area contributed by atoms with Gasteiger partial charge in [0, 0.05) is 12.0 Å². The molecule has 1 atom stereocenters. The zero-order valence-corrected chi connectivity index (χ0v) is 11.8. The number of H-pyrrole nitrogens is 1. The van der Waals surface area contributed by atoms with Crippen LogP contribution in [0.3, 0.4) is 0 Å². The fourth-order valence-electron chi connectivity index (χ4n) is 2.02. The highest BCUT2D eigenvalue weighted by atomic mass is 32.2. The van der Waals surface area contributed by atoms with Crippen LogP contribution in [-0.4, -0.2) is 47.1 Å². The number of aromatic nitrogens is 3. The number of rotatable bonds is 3. The molecule has 2 heterocycles. The molecule has 0 spiro atoms. The minimum Gasteiger partial charge on any atom is -0.346 e. The summed E-state index contributed by atoms with van der Waals surface area (Å²) in [4.78, 5) is 16.0. The Labute approximate surface area is 112 Å². The van der Waals surface area contributed by atoms with Crippen molar-refractivity contribution < 1.29 is 13.2 Å². The molecule has 7 nitrogen and oxygen atoms in total. The number of hydrogen-bond acceptors (Lipinski definition) is 5. The number of hydrogen-bond donors (Lipinski definition) is 2. The number of aromatic amines is 1. The molecule has 1 aromatic rings. The molecule has 106 valence electrons. The number of amides is 1. The lowest BCUT2D eigenvalue weighted by atomic mass is 10.2. The Bertz CT molecular complexity index is 564. The van der Waals surface area contributed by atoms with Gasteiger partial charge in [-0.15, -0.1) is 5.10 Å². The molecule has 0 radical (unpaired) electrons. The second kappa shape index (κ2) is 5.28. The molecule has 0 saturated carbocycles. The van der Waals surface area contributed by atoms with Crippen LogP contribution in [0.2, 0.25) is 0 Å². The van der Waals surface area contributed by atoms with E-state index < -0.39 is 15.7 Å². The molecule has 1 fully saturated rings. The third kappa shape index (κ3) is 3.52. The van der Waals surface area contributed by atoms with Crippen molar-refractivity contribution in [3.63, 3.8) is 0 Å². The Morgan fingerprint density at radius 1 is 1.47 bits per heavy atom. The molecular weight excluding hydrogens is 268 g/mol. The molecule has 1 aromatic heterocycles. The number of carbonyl (C=O) groups excluding carboxylic acids is 1. The molecular formula is C11H18N4O3S. The van der Waals surface area contributed by atoms with E-state index in [1.807, 2.05) is 13.8 Å². The van der Waals surface area contributed by atoms with E-state index in [2.05, 4.69) is 20.5 Å². The predicted octanol–water partition coefficient (Wildman–Crippen LogP) is 0.235. The van der Waals surface area contributed by atoms with Gasteiger partial charge in [-0.3, -0.25) is 9.89 Å². The van der Waals surface area contributed by atoms with Crippen LogP contribution in [0.5, 0.6) is 0 Å². The summed E-state index contributed by atoms with van der Waals surface area (Å²) in [6, 6.07) is -0.341. The van der Waals surface area contributed by atoms with Crippen LogP contribution in [0.1, 0.15) is 49.1 Å². The number of carbonyl (C=O) groups is 1. The Balaban J connectivity index is 2.00. The predicted molar refractivity (Wildman–Crippen MR) is 69.6 cm³/mol. The Hall–Kier alpha value is -1.44. The van der Waals surface area contributed by atoms with Crippen LogP contribution >= 0.6 is 0 Å². The lowest BCUT2D eigenvalue weighted by molar-refractivity contribution is 0.0928. The molecule has 2 N–H and O–H groups in total. The quantitative estimate of drug-likeness (QED) is 0.828. The molecule has 1 amide bonds. The number of nitrogens with one attached hydrogen (secondary N) is 2. The summed E-state index contributed by atoms with van der Waals surface area (Å²) in [6.45, 7) is 3.88. The van der Waals surface area contributed by atoms with Crippen molar-refractivity contribution in [2.45, 2.75) is 38.6 Å². The van der Waals surface area contributed by atoms with Crippen molar-refractivity contribution in [1.29, 1.82) is 0 Å². The third-order valence-electron chi connectivity index (χ3n) is 3.05. The van der Waals surface area contributed by atoms with Crippen LogP contribution in [-0.2, 0) is 9.84 Å². The second-order valence-electron chi connectivity index (χ2n) is 5.13. The van der Waals surface area contributed by atoms with E-state index in [-0.39, 0.29) is 29.3 Å². The summed E-state index contributed by atoms with van der Waals surface area (Å²) in [5.41, 5.74) is 0. The van der Waals surface area contributed by atoms with Crippen molar-refractivity contribution in [2.24, 2.45) is 0 Å². The number of sulfone groups is 1. The summed E-state index contributed by atoms with van der Waals surface area (Å²) in [5, 5.41) is 9.22. The van der Waals surface area contributed by atoms with Gasteiger partial charge in [-0.2, -0.15) is 0 Å². The Morgan fingerprint density at radius 2 is 2.21 bits per heavy atom. The fraction of sp³-hybridized carbons (Fsp3) is 0.727. The van der Waals surface area contributed by atoms with Crippen LogP contribution < -0.4 is 5.32 Å². The highest BCUT2D eigenvalue weighted by Gasteiger charge is 2.27. The van der Waals surface area contributed by atoms with Gasteiger partial charge < -0.3 is 5.32 Å². The standard InChI is InChI=1S/C11H18N4O3S/c1-7(2)9-13-10(15-14-9)11(16)12-8-4-3-5-19(17,18)6-8/h7-8H,3-6H2,1-2H3,(H,12,16)(H,13,14,15). The van der Waals surface area contributed by atoms with Crippen molar-refractivity contribution in [3.8, 4) is 0 Å². The van der Waals surface area contributed by atoms with Gasteiger partial charge in [0.2, 0.25) is 5.82 Å². The molecule has 0 aliphatic carbocycles. The molecule has 1 unspecified atom stereocenters. The van der Waals surface area contributed by atoms with Gasteiger partial charge in [-0.1, -0.05) is 13.8 Å². The first-order valence-electron chi connectivity index (χ1n) is 6.31. The first-order chi connectivity index (χ1) is 8.87. The van der Waals surface area contributed by atoms with E-state index in [4.69, 9.17) is 0 Å². The van der Waals surface area contributed by atoms with E-state index in [0.29, 0.717) is 18.7 Å². The van der Waals surface area contributed by atoms with Gasteiger partial charge in [-0.05, 0) is 12.8 Å². The van der Waals surface area contributed by atoms with E-state index in [1.54, 1.807) is 0 Å². The van der Waals surface area contributed by atoms with Crippen molar-refractivity contribution in [2.75, 3.05) is 11.5 Å². The third-order valence-corrected chi connectivity index (χ3v) is 4.87. The summed E-state index contributed by atoms with van der Waals surface area (Å²) in [7, 11) is -3.03. The van der Waals surface area contributed by atoms with Crippen molar-refractivity contribution >= 4 is 15.7 Å². The van der Waals surface area contributed by atoms with E-state index in [1.165, 1.54) is 0 Å². The zero-order valence-electron chi connectivity index (χ0n) is 11.0. The molecule has 1 aliphatic rings. The van der Waals surface area contributed by atoms with Crippen LogP contribution in [0.15, 0.2) is 0 Å². The van der Waals surface area contributed by atoms with E-state index >= 15 is 0 Å². The Morgan fingerprint density at radius 3 is 2.79 bits per heavy atom. The summed E-state index contributed by atoms with van der Waals surface area (Å²) < 4.78 is 23.0. The monoisotopic (exact) mass is 286 g/mol. The van der Waals surface area contributed by atoms with Crippen LogP contribution in [0, 0.1) is 0 Å². The van der Waals surface area contributed by atoms with E-state index in [9.17, 15) is 13.2 Å². The molecule has 1 aliphatic heterocycles. The van der Waals surface area contributed by atoms with Gasteiger partial charge in [0.1, 0.15) is 5.82 Å². The maximum absolute atomic E-state index is 11.9. The normalized spacial score (nSPS) is 22.4. The summed E-state index contributed by atoms with van der Waals surface area (Å²) >= 11 is 0. The first kappa shape index (κ1) is 14.0. The highest BCUT2D eigenvalue weighted by molar-refractivity contribution is 7.91. The summed E-state index contributed by atoms with van der Waals surface area (Å²) in [5.74, 6) is 0.639.